The Morgan fingerprint density at radius 1 is 1.32 bits per heavy atom. The molecule has 1 N–H and O–H groups in total. The zero-order valence-corrected chi connectivity index (χ0v) is 13.4. The van der Waals surface area contributed by atoms with Crippen LogP contribution >= 0.6 is 0 Å². The van der Waals surface area contributed by atoms with Gasteiger partial charge in [-0.2, -0.15) is 0 Å². The third-order valence-electron chi connectivity index (χ3n) is 3.77. The van der Waals surface area contributed by atoms with Crippen molar-refractivity contribution in [2.24, 2.45) is 5.92 Å². The van der Waals surface area contributed by atoms with Crippen molar-refractivity contribution in [3.8, 4) is 0 Å². The van der Waals surface area contributed by atoms with Crippen molar-refractivity contribution in [3.63, 3.8) is 0 Å². The molecule has 1 aromatic carbocycles. The molecule has 22 heavy (non-hydrogen) atoms. The van der Waals surface area contributed by atoms with Crippen LogP contribution in [0, 0.1) is 11.7 Å². The van der Waals surface area contributed by atoms with Gasteiger partial charge in [0.25, 0.3) is 5.97 Å². The molecular weight excluding hydrogens is 279 g/mol. The second-order valence-corrected chi connectivity index (χ2v) is 5.61. The smallest absolute Gasteiger partial charge is 0.300 e. The number of aliphatic carboxylic acids is 1. The lowest BCUT2D eigenvalue weighted by atomic mass is 9.82. The number of carboxylic acids is 1. The van der Waals surface area contributed by atoms with Gasteiger partial charge in [-0.25, -0.2) is 4.39 Å². The fraction of sp³-hybridized carbons (Fsp3) is 0.421. The quantitative estimate of drug-likeness (QED) is 0.906. The average molecular weight is 304 g/mol. The lowest BCUT2D eigenvalue weighted by Gasteiger charge is -2.23. The molecule has 0 bridgehead atoms. The lowest BCUT2D eigenvalue weighted by molar-refractivity contribution is -0.134. The maximum atomic E-state index is 13.4. The van der Waals surface area contributed by atoms with Crippen LogP contribution in [-0.2, 0) is 4.79 Å². The molecule has 2 nitrogen and oxygen atoms in total. The maximum Gasteiger partial charge on any atom is 0.300 e. The molecule has 0 atom stereocenters. The van der Waals surface area contributed by atoms with Gasteiger partial charge in [-0.3, -0.25) is 4.79 Å². The Morgan fingerprint density at radius 2 is 1.91 bits per heavy atom. The summed E-state index contributed by atoms with van der Waals surface area (Å²) in [6.45, 7) is 7.14. The van der Waals surface area contributed by atoms with Gasteiger partial charge in [0.15, 0.2) is 0 Å². The highest BCUT2D eigenvalue weighted by molar-refractivity contribution is 5.63. The number of benzene rings is 1. The Balaban J connectivity index is 0.000000541. The zero-order chi connectivity index (χ0) is 16.5. The van der Waals surface area contributed by atoms with Crippen LogP contribution in [0.1, 0.15) is 46.0 Å². The molecule has 3 heteroatoms. The van der Waals surface area contributed by atoms with Crippen LogP contribution in [0.25, 0.3) is 12.2 Å². The Kier molecular flexibility index (Phi) is 7.58. The topological polar surface area (TPSA) is 37.3 Å². The summed E-state index contributed by atoms with van der Waals surface area (Å²) in [5.74, 6) is -0.438. The fourth-order valence-electron chi connectivity index (χ4n) is 2.86. The van der Waals surface area contributed by atoms with Crippen LogP contribution in [0.3, 0.4) is 0 Å². The molecule has 1 aliphatic rings. The van der Waals surface area contributed by atoms with Crippen molar-refractivity contribution in [2.45, 2.75) is 46.0 Å². The van der Waals surface area contributed by atoms with E-state index in [0.29, 0.717) is 5.92 Å². The molecule has 1 aromatic rings. The van der Waals surface area contributed by atoms with Crippen molar-refractivity contribution in [2.75, 3.05) is 0 Å². The van der Waals surface area contributed by atoms with E-state index in [2.05, 4.69) is 12.7 Å². The highest BCUT2D eigenvalue weighted by Gasteiger charge is 2.16. The minimum atomic E-state index is -0.833. The number of halogens is 1. The summed E-state index contributed by atoms with van der Waals surface area (Å²) in [4.78, 5) is 9.00. The van der Waals surface area contributed by atoms with Crippen LogP contribution in [0.4, 0.5) is 4.39 Å². The number of rotatable bonds is 2. The minimum absolute atomic E-state index is 0.171. The lowest BCUT2D eigenvalue weighted by Crippen LogP contribution is -2.28. The monoisotopic (exact) mass is 304 g/mol. The molecule has 2 rings (SSSR count). The predicted octanol–water partition coefficient (Wildman–Crippen LogP) is 3.63. The molecule has 1 aliphatic carbocycles. The summed E-state index contributed by atoms with van der Waals surface area (Å²) in [7, 11) is 0. The molecule has 0 unspecified atom stereocenters. The first-order chi connectivity index (χ1) is 10.5. The van der Waals surface area contributed by atoms with Crippen LogP contribution in [-0.4, -0.2) is 11.1 Å². The van der Waals surface area contributed by atoms with E-state index in [1.165, 1.54) is 43.7 Å². The van der Waals surface area contributed by atoms with Gasteiger partial charge in [-0.05, 0) is 53.8 Å². The van der Waals surface area contributed by atoms with Crippen molar-refractivity contribution in [1.82, 2.24) is 0 Å². The summed E-state index contributed by atoms with van der Waals surface area (Å²) in [5.41, 5.74) is 1.27. The number of hydrogen-bond donors (Lipinski definition) is 1. The van der Waals surface area contributed by atoms with Crippen LogP contribution in [0.2, 0.25) is 0 Å². The first-order valence-electron chi connectivity index (χ1n) is 7.76. The van der Waals surface area contributed by atoms with E-state index in [4.69, 9.17) is 9.90 Å². The summed E-state index contributed by atoms with van der Waals surface area (Å²) >= 11 is 0. The number of carbonyl (C=O) groups is 1. The first-order valence-corrected chi connectivity index (χ1v) is 7.76. The van der Waals surface area contributed by atoms with E-state index < -0.39 is 5.97 Å². The summed E-state index contributed by atoms with van der Waals surface area (Å²) < 4.78 is 13.4. The zero-order valence-electron chi connectivity index (χ0n) is 13.4. The van der Waals surface area contributed by atoms with Gasteiger partial charge in [0.1, 0.15) is 5.82 Å². The highest BCUT2D eigenvalue weighted by atomic mass is 19.1. The third-order valence-corrected chi connectivity index (χ3v) is 3.77. The summed E-state index contributed by atoms with van der Waals surface area (Å²) in [6.07, 6.45) is 10.5. The molecular formula is C19H25FO2. The highest BCUT2D eigenvalue weighted by Crippen LogP contribution is 2.30. The van der Waals surface area contributed by atoms with Gasteiger partial charge in [0.05, 0.1) is 0 Å². The van der Waals surface area contributed by atoms with Crippen LogP contribution in [0.15, 0.2) is 30.4 Å². The van der Waals surface area contributed by atoms with E-state index in [9.17, 15) is 4.39 Å². The standard InChI is InChI=1S/C17H21F.C2H4O2/c1-3-7-16(14-8-5-4-6-9-14)17-12-15(18)11-10-13(17)2;1-2(3)4/h3,7,10-12,14H,2,4-6,8-9H2,1H3;1H3,(H,3,4)/b7-3-,17-16+;. The molecule has 1 fully saturated rings. The van der Waals surface area contributed by atoms with Crippen molar-refractivity contribution >= 4 is 18.1 Å². The van der Waals surface area contributed by atoms with Gasteiger partial charge in [0, 0.05) is 6.92 Å². The minimum Gasteiger partial charge on any atom is -0.481 e. The van der Waals surface area contributed by atoms with Crippen LogP contribution < -0.4 is 10.4 Å². The molecule has 0 heterocycles. The average Bonchev–Trinajstić information content (AvgIpc) is 2.48. The van der Waals surface area contributed by atoms with E-state index in [0.717, 1.165) is 17.4 Å². The molecule has 1 saturated carbocycles. The van der Waals surface area contributed by atoms with E-state index >= 15 is 0 Å². The van der Waals surface area contributed by atoms with Gasteiger partial charge in [0.2, 0.25) is 0 Å². The van der Waals surface area contributed by atoms with Gasteiger partial charge >= 0.3 is 0 Å². The summed E-state index contributed by atoms with van der Waals surface area (Å²) in [6, 6.07) is 4.89. The number of hydrogen-bond acceptors (Lipinski definition) is 1. The Labute approximate surface area is 131 Å². The van der Waals surface area contributed by atoms with Gasteiger partial charge in [-0.1, -0.05) is 44.1 Å². The Morgan fingerprint density at radius 3 is 2.45 bits per heavy atom. The molecule has 0 saturated heterocycles. The molecule has 0 aromatic heterocycles. The Bertz CT molecular complexity index is 621. The van der Waals surface area contributed by atoms with Crippen LogP contribution in [0.5, 0.6) is 0 Å². The van der Waals surface area contributed by atoms with Gasteiger partial charge < -0.3 is 5.11 Å². The SMILES string of the molecule is C=c1ccc(F)c/c1=C(/C=C\C)C1CCCCC1.CC(=O)O. The normalized spacial score (nSPS) is 16.9. The maximum absolute atomic E-state index is 13.4. The van der Waals surface area contributed by atoms with Crippen molar-refractivity contribution in [3.05, 3.63) is 46.6 Å². The number of allylic oxidation sites excluding steroid dienone is 2. The molecule has 0 spiro atoms. The second kappa shape index (κ2) is 9.19. The Hall–Kier alpha value is -1.90. The fourth-order valence-corrected chi connectivity index (χ4v) is 2.86. The third kappa shape index (κ3) is 5.84. The molecule has 0 aliphatic heterocycles. The molecule has 0 radical (unpaired) electrons. The van der Waals surface area contributed by atoms with E-state index in [-0.39, 0.29) is 5.82 Å². The first kappa shape index (κ1) is 18.1. The van der Waals surface area contributed by atoms with E-state index in [1.807, 2.05) is 13.0 Å². The molecule has 0 amide bonds. The van der Waals surface area contributed by atoms with Crippen molar-refractivity contribution in [1.29, 1.82) is 0 Å². The van der Waals surface area contributed by atoms with Crippen molar-refractivity contribution < 1.29 is 14.3 Å². The van der Waals surface area contributed by atoms with Gasteiger partial charge in [-0.15, -0.1) is 0 Å². The van der Waals surface area contributed by atoms with E-state index in [1.54, 1.807) is 12.1 Å². The summed E-state index contributed by atoms with van der Waals surface area (Å²) in [5, 5.41) is 9.33. The number of carboxylic acid groups (broad SMARTS) is 1. The predicted molar refractivity (Wildman–Crippen MR) is 89.3 cm³/mol. The molecule has 120 valence electrons. The largest absolute Gasteiger partial charge is 0.481 e. The second-order valence-electron chi connectivity index (χ2n) is 5.61.